The van der Waals surface area contributed by atoms with Crippen LogP contribution in [0.3, 0.4) is 0 Å². The maximum atomic E-state index is 11.2. The van der Waals surface area contributed by atoms with E-state index in [1.165, 1.54) is 18.2 Å². The molecule has 6 heteroatoms. The number of hydrogen-bond donors (Lipinski definition) is 1. The molecule has 1 fully saturated rings. The molecule has 0 saturated carbocycles. The summed E-state index contributed by atoms with van der Waals surface area (Å²) in [6, 6.07) is 4.41. The normalized spacial score (nSPS) is 22.0. The Morgan fingerprint density at radius 1 is 1.50 bits per heavy atom. The van der Waals surface area contributed by atoms with Crippen molar-refractivity contribution in [3.05, 3.63) is 33.9 Å². The minimum Gasteiger partial charge on any atom is -0.478 e. The van der Waals surface area contributed by atoms with Crippen LogP contribution in [0.2, 0.25) is 0 Å². The highest BCUT2D eigenvalue weighted by Crippen LogP contribution is 2.38. The number of carbonyl (C=O) groups is 1. The second-order valence-corrected chi connectivity index (χ2v) is 5.16. The fraction of sp³-hybridized carbons (Fsp3) is 0.500. The average Bonchev–Trinajstić information content (AvgIpc) is 2.78. The Balaban J connectivity index is 2.54. The molecule has 0 aromatic heterocycles. The van der Waals surface area contributed by atoms with Crippen LogP contribution in [0.15, 0.2) is 18.2 Å². The first-order valence-electron chi connectivity index (χ1n) is 6.75. The van der Waals surface area contributed by atoms with Crippen LogP contribution in [0.1, 0.15) is 43.5 Å². The Hall–Kier alpha value is -2.11. The summed E-state index contributed by atoms with van der Waals surface area (Å²) >= 11 is 0. The van der Waals surface area contributed by atoms with Gasteiger partial charge in [0.1, 0.15) is 5.69 Å². The number of nitro benzene ring substituents is 1. The van der Waals surface area contributed by atoms with Crippen molar-refractivity contribution in [1.82, 2.24) is 0 Å². The molecule has 0 bridgehead atoms. The summed E-state index contributed by atoms with van der Waals surface area (Å²) in [5.74, 6) is -1.07. The van der Waals surface area contributed by atoms with Gasteiger partial charge in [-0.1, -0.05) is 6.92 Å². The summed E-state index contributed by atoms with van der Waals surface area (Å²) in [5.41, 5.74) is 0.480. The van der Waals surface area contributed by atoms with E-state index < -0.39 is 10.9 Å². The van der Waals surface area contributed by atoms with Crippen LogP contribution in [0.25, 0.3) is 0 Å². The molecule has 1 aliphatic rings. The molecule has 0 amide bonds. The number of anilines is 1. The number of nitrogens with zero attached hydrogens (tertiary/aromatic N) is 2. The number of carboxylic acids is 1. The lowest BCUT2D eigenvalue weighted by Gasteiger charge is -2.30. The first-order valence-corrected chi connectivity index (χ1v) is 6.75. The van der Waals surface area contributed by atoms with Crippen LogP contribution in [0, 0.1) is 10.1 Å². The van der Waals surface area contributed by atoms with Crippen LogP contribution in [-0.2, 0) is 0 Å². The maximum absolute atomic E-state index is 11.2. The number of carboxylic acid groups (broad SMARTS) is 1. The van der Waals surface area contributed by atoms with E-state index in [0.717, 1.165) is 19.3 Å². The molecule has 20 heavy (non-hydrogen) atoms. The van der Waals surface area contributed by atoms with Crippen molar-refractivity contribution >= 4 is 17.3 Å². The lowest BCUT2D eigenvalue weighted by molar-refractivity contribution is -0.384. The van der Waals surface area contributed by atoms with Crippen LogP contribution in [0.4, 0.5) is 11.4 Å². The number of rotatable bonds is 4. The predicted octanol–water partition coefficient (Wildman–Crippen LogP) is 3.06. The fourth-order valence-corrected chi connectivity index (χ4v) is 2.92. The maximum Gasteiger partial charge on any atom is 0.335 e. The first-order chi connectivity index (χ1) is 9.45. The second-order valence-electron chi connectivity index (χ2n) is 5.16. The number of aromatic carboxylic acids is 1. The van der Waals surface area contributed by atoms with Gasteiger partial charge < -0.3 is 10.0 Å². The topological polar surface area (TPSA) is 83.7 Å². The quantitative estimate of drug-likeness (QED) is 0.676. The average molecular weight is 278 g/mol. The third-order valence-electron chi connectivity index (χ3n) is 3.95. The molecule has 2 atom stereocenters. The van der Waals surface area contributed by atoms with Gasteiger partial charge in [0.05, 0.1) is 10.5 Å². The van der Waals surface area contributed by atoms with E-state index in [4.69, 9.17) is 5.11 Å². The Labute approximate surface area is 117 Å². The molecule has 1 saturated heterocycles. The molecule has 0 radical (unpaired) electrons. The van der Waals surface area contributed by atoms with Gasteiger partial charge in [-0.25, -0.2) is 4.79 Å². The Bertz CT molecular complexity index is 544. The van der Waals surface area contributed by atoms with Gasteiger partial charge in [-0.3, -0.25) is 10.1 Å². The minimum absolute atomic E-state index is 0.0257. The van der Waals surface area contributed by atoms with E-state index in [2.05, 4.69) is 0 Å². The summed E-state index contributed by atoms with van der Waals surface area (Å²) < 4.78 is 0. The van der Waals surface area contributed by atoms with Crippen LogP contribution < -0.4 is 4.90 Å². The van der Waals surface area contributed by atoms with E-state index in [1.807, 2.05) is 18.7 Å². The van der Waals surface area contributed by atoms with Crippen LogP contribution in [-0.4, -0.2) is 28.1 Å². The molecular formula is C14H18N2O4. The zero-order chi connectivity index (χ0) is 14.9. The van der Waals surface area contributed by atoms with Crippen molar-refractivity contribution in [1.29, 1.82) is 0 Å². The van der Waals surface area contributed by atoms with Crippen LogP contribution >= 0.6 is 0 Å². The SMILES string of the molecule is CCC1CCC(C)N1c1cc(C(=O)O)ccc1[N+](=O)[O-]. The van der Waals surface area contributed by atoms with Gasteiger partial charge >= 0.3 is 5.97 Å². The molecule has 6 nitrogen and oxygen atoms in total. The van der Waals surface area contributed by atoms with Crippen molar-refractivity contribution in [2.75, 3.05) is 4.90 Å². The summed E-state index contributed by atoms with van der Waals surface area (Å²) in [6.45, 7) is 4.06. The van der Waals surface area contributed by atoms with E-state index >= 15 is 0 Å². The highest BCUT2D eigenvalue weighted by Gasteiger charge is 2.34. The van der Waals surface area contributed by atoms with Gasteiger partial charge in [0.25, 0.3) is 5.69 Å². The van der Waals surface area contributed by atoms with Crippen molar-refractivity contribution in [3.8, 4) is 0 Å². The summed E-state index contributed by atoms with van der Waals surface area (Å²) in [6.07, 6.45) is 2.83. The molecular weight excluding hydrogens is 260 g/mol. The third-order valence-corrected chi connectivity index (χ3v) is 3.95. The van der Waals surface area contributed by atoms with E-state index in [1.54, 1.807) is 0 Å². The molecule has 108 valence electrons. The van der Waals surface area contributed by atoms with Gasteiger partial charge in [0, 0.05) is 18.2 Å². The standard InChI is InChI=1S/C14H18N2O4/c1-3-11-6-4-9(2)15(11)13-8-10(14(17)18)5-7-12(13)16(19)20/h5,7-9,11H,3-4,6H2,1-2H3,(H,17,18). The van der Waals surface area contributed by atoms with E-state index in [-0.39, 0.29) is 23.3 Å². The zero-order valence-corrected chi connectivity index (χ0v) is 11.6. The molecule has 1 heterocycles. The molecule has 2 unspecified atom stereocenters. The van der Waals surface area contributed by atoms with Crippen molar-refractivity contribution < 1.29 is 14.8 Å². The third kappa shape index (κ3) is 2.45. The van der Waals surface area contributed by atoms with Gasteiger partial charge in [-0.2, -0.15) is 0 Å². The minimum atomic E-state index is -1.07. The smallest absolute Gasteiger partial charge is 0.335 e. The highest BCUT2D eigenvalue weighted by atomic mass is 16.6. The van der Waals surface area contributed by atoms with Gasteiger partial charge in [0.2, 0.25) is 0 Å². The molecule has 1 aromatic carbocycles. The first kappa shape index (κ1) is 14.3. The van der Waals surface area contributed by atoms with Gasteiger partial charge in [-0.15, -0.1) is 0 Å². The van der Waals surface area contributed by atoms with E-state index in [9.17, 15) is 14.9 Å². The van der Waals surface area contributed by atoms with Gasteiger partial charge in [0.15, 0.2) is 0 Å². The van der Waals surface area contributed by atoms with Gasteiger partial charge in [-0.05, 0) is 38.3 Å². The Morgan fingerprint density at radius 2 is 2.20 bits per heavy atom. The van der Waals surface area contributed by atoms with Crippen molar-refractivity contribution in [2.24, 2.45) is 0 Å². The number of hydrogen-bond acceptors (Lipinski definition) is 4. The lowest BCUT2D eigenvalue weighted by Crippen LogP contribution is -2.34. The van der Waals surface area contributed by atoms with E-state index in [0.29, 0.717) is 5.69 Å². The fourth-order valence-electron chi connectivity index (χ4n) is 2.92. The summed E-state index contributed by atoms with van der Waals surface area (Å²) in [5, 5.41) is 20.3. The molecule has 0 aliphatic carbocycles. The molecule has 0 spiro atoms. The van der Waals surface area contributed by atoms with Crippen molar-refractivity contribution in [3.63, 3.8) is 0 Å². The Morgan fingerprint density at radius 3 is 2.75 bits per heavy atom. The van der Waals surface area contributed by atoms with Crippen LogP contribution in [0.5, 0.6) is 0 Å². The summed E-state index contributed by atoms with van der Waals surface area (Å²) in [4.78, 5) is 23.8. The monoisotopic (exact) mass is 278 g/mol. The highest BCUT2D eigenvalue weighted by molar-refractivity contribution is 5.90. The predicted molar refractivity (Wildman–Crippen MR) is 75.3 cm³/mol. The molecule has 1 N–H and O–H groups in total. The zero-order valence-electron chi connectivity index (χ0n) is 11.6. The molecule has 2 rings (SSSR count). The summed E-state index contributed by atoms with van der Waals surface area (Å²) in [7, 11) is 0. The largest absolute Gasteiger partial charge is 0.478 e. The van der Waals surface area contributed by atoms with Crippen molar-refractivity contribution in [2.45, 2.75) is 45.2 Å². The Kier molecular flexibility index (Phi) is 3.92. The number of benzene rings is 1. The second kappa shape index (κ2) is 5.48. The lowest BCUT2D eigenvalue weighted by atomic mass is 10.1. The molecule has 1 aromatic rings. The number of nitro groups is 1. The molecule has 1 aliphatic heterocycles.